The smallest absolute Gasteiger partial charge is 0.308 e. The summed E-state index contributed by atoms with van der Waals surface area (Å²) in [6, 6.07) is 7.78. The monoisotopic (exact) mass is 263 g/mol. The standard InChI is InChI=1S/C15H21NO3/c1-10-5-7-12(8-6-10)15(3,4)14(19)16-9-11(2)13(17)18/h5-8,11H,9H2,1-4H3,(H,16,19)(H,17,18). The van der Waals surface area contributed by atoms with Crippen molar-refractivity contribution in [1.29, 1.82) is 0 Å². The van der Waals surface area contributed by atoms with Crippen molar-refractivity contribution in [2.45, 2.75) is 33.1 Å². The van der Waals surface area contributed by atoms with Gasteiger partial charge in [-0.25, -0.2) is 0 Å². The molecule has 1 aromatic rings. The van der Waals surface area contributed by atoms with Gasteiger partial charge in [-0.05, 0) is 26.3 Å². The predicted octanol–water partition coefficient (Wildman–Crippen LogP) is 2.11. The molecule has 0 fully saturated rings. The van der Waals surface area contributed by atoms with Gasteiger partial charge >= 0.3 is 5.97 Å². The van der Waals surface area contributed by atoms with Crippen molar-refractivity contribution in [3.8, 4) is 0 Å². The Bertz CT molecular complexity index is 463. The summed E-state index contributed by atoms with van der Waals surface area (Å²) in [4.78, 5) is 22.9. The number of amides is 1. The molecule has 4 heteroatoms. The highest BCUT2D eigenvalue weighted by atomic mass is 16.4. The molecule has 4 nitrogen and oxygen atoms in total. The Morgan fingerprint density at radius 3 is 2.26 bits per heavy atom. The van der Waals surface area contributed by atoms with Crippen LogP contribution in [0.15, 0.2) is 24.3 Å². The summed E-state index contributed by atoms with van der Waals surface area (Å²) in [6.07, 6.45) is 0. The number of carboxylic acid groups (broad SMARTS) is 1. The molecule has 0 saturated heterocycles. The molecule has 1 rings (SSSR count). The molecule has 0 bridgehead atoms. The molecule has 0 radical (unpaired) electrons. The highest BCUT2D eigenvalue weighted by molar-refractivity contribution is 5.87. The number of rotatable bonds is 5. The van der Waals surface area contributed by atoms with Crippen molar-refractivity contribution >= 4 is 11.9 Å². The van der Waals surface area contributed by atoms with Gasteiger partial charge in [-0.15, -0.1) is 0 Å². The van der Waals surface area contributed by atoms with Crippen LogP contribution in [0.2, 0.25) is 0 Å². The van der Waals surface area contributed by atoms with E-state index in [1.165, 1.54) is 0 Å². The minimum absolute atomic E-state index is 0.142. The van der Waals surface area contributed by atoms with Crippen molar-refractivity contribution < 1.29 is 14.7 Å². The number of hydrogen-bond donors (Lipinski definition) is 2. The van der Waals surface area contributed by atoms with E-state index in [1.807, 2.05) is 45.0 Å². The van der Waals surface area contributed by atoms with E-state index in [0.717, 1.165) is 11.1 Å². The van der Waals surface area contributed by atoms with Crippen LogP contribution in [0.1, 0.15) is 31.9 Å². The lowest BCUT2D eigenvalue weighted by molar-refractivity contribution is -0.141. The van der Waals surface area contributed by atoms with Crippen LogP contribution in [0.4, 0.5) is 0 Å². The minimum atomic E-state index is -0.909. The van der Waals surface area contributed by atoms with Crippen LogP contribution in [0.5, 0.6) is 0 Å². The largest absolute Gasteiger partial charge is 0.481 e. The summed E-state index contributed by atoms with van der Waals surface area (Å²) in [6.45, 7) is 7.37. The summed E-state index contributed by atoms with van der Waals surface area (Å²) in [5.74, 6) is -1.66. The number of nitrogens with one attached hydrogen (secondary N) is 1. The summed E-state index contributed by atoms with van der Waals surface area (Å²) < 4.78 is 0. The number of carboxylic acids is 1. The Morgan fingerprint density at radius 2 is 1.79 bits per heavy atom. The number of aryl methyl sites for hydroxylation is 1. The number of hydrogen-bond acceptors (Lipinski definition) is 2. The highest BCUT2D eigenvalue weighted by Crippen LogP contribution is 2.23. The molecule has 0 aliphatic carbocycles. The average Bonchev–Trinajstić information content (AvgIpc) is 2.35. The van der Waals surface area contributed by atoms with E-state index in [2.05, 4.69) is 5.32 Å². The fraction of sp³-hybridized carbons (Fsp3) is 0.467. The van der Waals surface area contributed by atoms with Gasteiger partial charge in [-0.3, -0.25) is 9.59 Å². The van der Waals surface area contributed by atoms with Gasteiger partial charge in [0.15, 0.2) is 0 Å². The van der Waals surface area contributed by atoms with E-state index in [0.29, 0.717) is 0 Å². The second-order valence-electron chi connectivity index (χ2n) is 5.44. The molecule has 0 saturated carbocycles. The molecule has 104 valence electrons. The molecule has 0 spiro atoms. The van der Waals surface area contributed by atoms with Crippen LogP contribution < -0.4 is 5.32 Å². The van der Waals surface area contributed by atoms with Crippen LogP contribution in [-0.2, 0) is 15.0 Å². The molecule has 0 aromatic heterocycles. The van der Waals surface area contributed by atoms with E-state index in [4.69, 9.17) is 5.11 Å². The predicted molar refractivity (Wildman–Crippen MR) is 74.0 cm³/mol. The molecule has 0 aliphatic rings. The fourth-order valence-corrected chi connectivity index (χ4v) is 1.66. The number of benzene rings is 1. The summed E-state index contributed by atoms with van der Waals surface area (Å²) >= 11 is 0. The zero-order chi connectivity index (χ0) is 14.6. The van der Waals surface area contributed by atoms with Gasteiger partial charge in [0.05, 0.1) is 11.3 Å². The molecule has 1 atom stereocenters. The third kappa shape index (κ3) is 3.81. The van der Waals surface area contributed by atoms with E-state index >= 15 is 0 Å². The maximum Gasteiger partial charge on any atom is 0.308 e. The van der Waals surface area contributed by atoms with Crippen molar-refractivity contribution in [2.24, 2.45) is 5.92 Å². The van der Waals surface area contributed by atoms with E-state index in [1.54, 1.807) is 6.92 Å². The maximum atomic E-state index is 12.2. The summed E-state index contributed by atoms with van der Waals surface area (Å²) in [7, 11) is 0. The normalized spacial score (nSPS) is 12.8. The van der Waals surface area contributed by atoms with Gasteiger partial charge in [0, 0.05) is 6.54 Å². The lowest BCUT2D eigenvalue weighted by Crippen LogP contribution is -2.42. The quantitative estimate of drug-likeness (QED) is 0.855. The Kier molecular flexibility index (Phi) is 4.70. The van der Waals surface area contributed by atoms with Gasteiger partial charge in [0.25, 0.3) is 0 Å². The Balaban J connectivity index is 2.74. The van der Waals surface area contributed by atoms with E-state index in [-0.39, 0.29) is 12.5 Å². The first kappa shape index (κ1) is 15.2. The molecule has 1 aromatic carbocycles. The Morgan fingerprint density at radius 1 is 1.26 bits per heavy atom. The van der Waals surface area contributed by atoms with Gasteiger partial charge in [-0.2, -0.15) is 0 Å². The molecular formula is C15H21NO3. The van der Waals surface area contributed by atoms with Gasteiger partial charge in [0.2, 0.25) is 5.91 Å². The van der Waals surface area contributed by atoms with Gasteiger partial charge < -0.3 is 10.4 Å². The zero-order valence-corrected chi connectivity index (χ0v) is 11.9. The number of aliphatic carboxylic acids is 1. The van der Waals surface area contributed by atoms with E-state index in [9.17, 15) is 9.59 Å². The second kappa shape index (κ2) is 5.87. The van der Waals surface area contributed by atoms with Crippen molar-refractivity contribution in [3.63, 3.8) is 0 Å². The first-order valence-corrected chi connectivity index (χ1v) is 6.33. The van der Waals surface area contributed by atoms with Crippen LogP contribution in [0, 0.1) is 12.8 Å². The average molecular weight is 263 g/mol. The lowest BCUT2D eigenvalue weighted by atomic mass is 9.83. The van der Waals surface area contributed by atoms with E-state index < -0.39 is 17.3 Å². The van der Waals surface area contributed by atoms with Crippen molar-refractivity contribution in [3.05, 3.63) is 35.4 Å². The fourth-order valence-electron chi connectivity index (χ4n) is 1.66. The minimum Gasteiger partial charge on any atom is -0.481 e. The number of carbonyl (C=O) groups is 2. The first-order chi connectivity index (χ1) is 8.75. The van der Waals surface area contributed by atoms with Crippen molar-refractivity contribution in [1.82, 2.24) is 5.32 Å². The molecule has 0 aliphatic heterocycles. The third-order valence-corrected chi connectivity index (χ3v) is 3.33. The van der Waals surface area contributed by atoms with Gasteiger partial charge in [0.1, 0.15) is 0 Å². The first-order valence-electron chi connectivity index (χ1n) is 6.33. The third-order valence-electron chi connectivity index (χ3n) is 3.33. The van der Waals surface area contributed by atoms with Crippen LogP contribution in [0.25, 0.3) is 0 Å². The molecule has 1 amide bonds. The van der Waals surface area contributed by atoms with Crippen LogP contribution >= 0.6 is 0 Å². The Hall–Kier alpha value is -1.84. The van der Waals surface area contributed by atoms with Crippen molar-refractivity contribution in [2.75, 3.05) is 6.54 Å². The lowest BCUT2D eigenvalue weighted by Gasteiger charge is -2.25. The number of carbonyl (C=O) groups excluding carboxylic acids is 1. The molecule has 1 unspecified atom stereocenters. The Labute approximate surface area is 113 Å². The van der Waals surface area contributed by atoms with Crippen LogP contribution in [-0.4, -0.2) is 23.5 Å². The highest BCUT2D eigenvalue weighted by Gasteiger charge is 2.30. The SMILES string of the molecule is Cc1ccc(C(C)(C)C(=O)NCC(C)C(=O)O)cc1. The summed E-state index contributed by atoms with van der Waals surface area (Å²) in [5, 5.41) is 11.5. The molecule has 19 heavy (non-hydrogen) atoms. The van der Waals surface area contributed by atoms with Gasteiger partial charge in [-0.1, -0.05) is 36.8 Å². The molecule has 0 heterocycles. The maximum absolute atomic E-state index is 12.2. The topological polar surface area (TPSA) is 66.4 Å². The zero-order valence-electron chi connectivity index (χ0n) is 11.9. The summed E-state index contributed by atoms with van der Waals surface area (Å²) in [5.41, 5.74) is 1.38. The molecular weight excluding hydrogens is 242 g/mol. The second-order valence-corrected chi connectivity index (χ2v) is 5.44. The molecule has 2 N–H and O–H groups in total. The van der Waals surface area contributed by atoms with Crippen LogP contribution in [0.3, 0.4) is 0 Å².